The van der Waals surface area contributed by atoms with Crippen LogP contribution in [0.2, 0.25) is 0 Å². The molecule has 22 heavy (non-hydrogen) atoms. The summed E-state index contributed by atoms with van der Waals surface area (Å²) in [6, 6.07) is 11.6. The second-order valence-corrected chi connectivity index (χ2v) is 4.47. The maximum absolute atomic E-state index is 13.3. The summed E-state index contributed by atoms with van der Waals surface area (Å²) >= 11 is 0. The fraction of sp³-hybridized carbons (Fsp3) is 0.0625. The predicted molar refractivity (Wildman–Crippen MR) is 81.5 cm³/mol. The van der Waals surface area contributed by atoms with Gasteiger partial charge in [-0.2, -0.15) is 0 Å². The van der Waals surface area contributed by atoms with Crippen molar-refractivity contribution in [3.05, 3.63) is 60.8 Å². The molecule has 3 rings (SSSR count). The third kappa shape index (κ3) is 3.01. The van der Waals surface area contributed by atoms with Crippen molar-refractivity contribution in [1.29, 1.82) is 0 Å². The molecule has 0 aliphatic heterocycles. The van der Waals surface area contributed by atoms with Gasteiger partial charge in [-0.15, -0.1) is 0 Å². The molecule has 1 aromatic carbocycles. The molecule has 0 spiro atoms. The number of aromatic nitrogens is 3. The molecule has 3 aromatic rings. The fourth-order valence-corrected chi connectivity index (χ4v) is 2.02. The van der Waals surface area contributed by atoms with Crippen LogP contribution in [0, 0.1) is 5.82 Å². The van der Waals surface area contributed by atoms with Gasteiger partial charge in [0.1, 0.15) is 29.5 Å². The quantitative estimate of drug-likeness (QED) is 0.799. The van der Waals surface area contributed by atoms with Crippen LogP contribution in [0.15, 0.2) is 55.0 Å². The molecule has 0 radical (unpaired) electrons. The van der Waals surface area contributed by atoms with Gasteiger partial charge >= 0.3 is 0 Å². The summed E-state index contributed by atoms with van der Waals surface area (Å²) in [5, 5.41) is 3.09. The van der Waals surface area contributed by atoms with Gasteiger partial charge in [0.25, 0.3) is 0 Å². The van der Waals surface area contributed by atoms with Crippen LogP contribution >= 0.6 is 0 Å². The van der Waals surface area contributed by atoms with Gasteiger partial charge in [0.05, 0.1) is 12.8 Å². The monoisotopic (exact) mass is 296 g/mol. The molecular weight excluding hydrogens is 283 g/mol. The molecule has 0 saturated carbocycles. The van der Waals surface area contributed by atoms with E-state index in [1.54, 1.807) is 18.3 Å². The van der Waals surface area contributed by atoms with Crippen LogP contribution in [0.25, 0.3) is 11.3 Å². The number of nitrogens with one attached hydrogen (secondary N) is 1. The predicted octanol–water partition coefficient (Wildman–Crippen LogP) is 3.43. The molecule has 0 bridgehead atoms. The van der Waals surface area contributed by atoms with Crippen molar-refractivity contribution >= 4 is 11.6 Å². The minimum Gasteiger partial charge on any atom is -0.496 e. The van der Waals surface area contributed by atoms with Gasteiger partial charge in [-0.3, -0.25) is 0 Å². The van der Waals surface area contributed by atoms with E-state index in [-0.39, 0.29) is 5.82 Å². The highest BCUT2D eigenvalue weighted by Crippen LogP contribution is 2.30. The van der Waals surface area contributed by atoms with Gasteiger partial charge in [0.2, 0.25) is 0 Å². The van der Waals surface area contributed by atoms with Gasteiger partial charge in [0.15, 0.2) is 0 Å². The molecule has 2 heterocycles. The van der Waals surface area contributed by atoms with Gasteiger partial charge < -0.3 is 10.1 Å². The Hall–Kier alpha value is -3.02. The first-order chi connectivity index (χ1) is 10.8. The maximum Gasteiger partial charge on any atom is 0.135 e. The minimum absolute atomic E-state index is 0.360. The smallest absolute Gasteiger partial charge is 0.135 e. The second-order valence-electron chi connectivity index (χ2n) is 4.47. The van der Waals surface area contributed by atoms with Crippen LogP contribution in [0.1, 0.15) is 0 Å². The van der Waals surface area contributed by atoms with Crippen molar-refractivity contribution in [1.82, 2.24) is 15.0 Å². The van der Waals surface area contributed by atoms with E-state index in [0.717, 1.165) is 0 Å². The molecule has 0 amide bonds. The molecule has 5 nitrogen and oxygen atoms in total. The van der Waals surface area contributed by atoms with Crippen molar-refractivity contribution in [2.45, 2.75) is 0 Å². The Bertz CT molecular complexity index is 780. The lowest BCUT2D eigenvalue weighted by molar-refractivity contribution is 0.413. The molecular formula is C16H13FN4O. The Kier molecular flexibility index (Phi) is 3.91. The number of halogens is 1. The third-order valence-corrected chi connectivity index (χ3v) is 3.03. The minimum atomic E-state index is -0.360. The number of anilines is 2. The zero-order valence-electron chi connectivity index (χ0n) is 11.8. The summed E-state index contributed by atoms with van der Waals surface area (Å²) < 4.78 is 18.5. The average molecular weight is 296 g/mol. The Labute approximate surface area is 126 Å². The van der Waals surface area contributed by atoms with E-state index in [1.807, 2.05) is 18.2 Å². The summed E-state index contributed by atoms with van der Waals surface area (Å²) in [4.78, 5) is 12.5. The molecule has 1 N–H and O–H groups in total. The van der Waals surface area contributed by atoms with Crippen molar-refractivity contribution in [3.8, 4) is 17.0 Å². The van der Waals surface area contributed by atoms with E-state index < -0.39 is 0 Å². The number of pyridine rings is 1. The summed E-state index contributed by atoms with van der Waals surface area (Å²) in [5.74, 6) is 1.33. The number of nitrogens with zero attached hydrogens (tertiary/aromatic N) is 3. The van der Waals surface area contributed by atoms with Gasteiger partial charge in [-0.1, -0.05) is 6.07 Å². The van der Waals surface area contributed by atoms with Gasteiger partial charge in [0, 0.05) is 23.9 Å². The van der Waals surface area contributed by atoms with Gasteiger partial charge in [-0.05, 0) is 24.3 Å². The Balaban J connectivity index is 1.94. The van der Waals surface area contributed by atoms with Crippen molar-refractivity contribution in [2.75, 3.05) is 12.4 Å². The lowest BCUT2D eigenvalue weighted by Crippen LogP contribution is -1.98. The maximum atomic E-state index is 13.3. The topological polar surface area (TPSA) is 59.9 Å². The lowest BCUT2D eigenvalue weighted by Gasteiger charge is -2.09. The van der Waals surface area contributed by atoms with E-state index in [1.165, 1.54) is 25.6 Å². The first kappa shape index (κ1) is 13.9. The molecule has 6 heteroatoms. The van der Waals surface area contributed by atoms with Gasteiger partial charge in [-0.25, -0.2) is 19.3 Å². The van der Waals surface area contributed by atoms with Crippen LogP contribution < -0.4 is 10.1 Å². The molecule has 0 aliphatic rings. The molecule has 0 saturated heterocycles. The largest absolute Gasteiger partial charge is 0.496 e. The molecule has 0 atom stereocenters. The number of hydrogen-bond acceptors (Lipinski definition) is 5. The molecule has 2 aromatic heterocycles. The second kappa shape index (κ2) is 6.17. The molecule has 0 aliphatic carbocycles. The highest BCUT2D eigenvalue weighted by molar-refractivity contribution is 5.70. The van der Waals surface area contributed by atoms with E-state index in [0.29, 0.717) is 28.6 Å². The molecule has 0 unspecified atom stereocenters. The van der Waals surface area contributed by atoms with Crippen LogP contribution in [0.5, 0.6) is 5.75 Å². The van der Waals surface area contributed by atoms with Crippen LogP contribution in [-0.2, 0) is 0 Å². The van der Waals surface area contributed by atoms with Crippen LogP contribution in [0.4, 0.5) is 16.0 Å². The van der Waals surface area contributed by atoms with E-state index >= 15 is 0 Å². The fourth-order valence-electron chi connectivity index (χ4n) is 2.02. The van der Waals surface area contributed by atoms with Crippen molar-refractivity contribution in [2.24, 2.45) is 0 Å². The highest BCUT2D eigenvalue weighted by atomic mass is 19.1. The first-order valence-electron chi connectivity index (χ1n) is 6.60. The number of benzene rings is 1. The Morgan fingerprint density at radius 1 is 1.00 bits per heavy atom. The Morgan fingerprint density at radius 3 is 2.68 bits per heavy atom. The SMILES string of the molecule is COc1cc(F)ccc1-c1cc(Nc2ccccn2)ncn1. The summed E-state index contributed by atoms with van der Waals surface area (Å²) in [5.41, 5.74) is 1.32. The lowest BCUT2D eigenvalue weighted by atomic mass is 10.1. The molecule has 110 valence electrons. The van der Waals surface area contributed by atoms with Crippen LogP contribution in [0.3, 0.4) is 0 Å². The molecule has 0 fully saturated rings. The third-order valence-electron chi connectivity index (χ3n) is 3.03. The number of rotatable bonds is 4. The van der Waals surface area contributed by atoms with E-state index in [9.17, 15) is 4.39 Å². The van der Waals surface area contributed by atoms with E-state index in [4.69, 9.17) is 4.74 Å². The normalized spacial score (nSPS) is 10.3. The van der Waals surface area contributed by atoms with E-state index in [2.05, 4.69) is 20.3 Å². The number of hydrogen-bond donors (Lipinski definition) is 1. The average Bonchev–Trinajstić information content (AvgIpc) is 2.56. The Morgan fingerprint density at radius 2 is 1.91 bits per heavy atom. The zero-order valence-corrected chi connectivity index (χ0v) is 11.8. The first-order valence-corrected chi connectivity index (χ1v) is 6.60. The standard InChI is InChI=1S/C16H13FN4O/c1-22-14-8-11(17)5-6-12(14)13-9-16(20-10-19-13)21-15-4-2-3-7-18-15/h2-10H,1H3,(H,18,19,20,21). The number of methoxy groups -OCH3 is 1. The van der Waals surface area contributed by atoms with Crippen molar-refractivity contribution in [3.63, 3.8) is 0 Å². The summed E-state index contributed by atoms with van der Waals surface area (Å²) in [7, 11) is 1.49. The van der Waals surface area contributed by atoms with Crippen LogP contribution in [-0.4, -0.2) is 22.1 Å². The number of ether oxygens (including phenoxy) is 1. The highest BCUT2D eigenvalue weighted by Gasteiger charge is 2.09. The van der Waals surface area contributed by atoms with Crippen molar-refractivity contribution < 1.29 is 9.13 Å². The zero-order chi connectivity index (χ0) is 15.4. The summed E-state index contributed by atoms with van der Waals surface area (Å²) in [6.45, 7) is 0. The summed E-state index contributed by atoms with van der Waals surface area (Å²) in [6.07, 6.45) is 3.12.